The molecule has 0 aromatic carbocycles. The van der Waals surface area contributed by atoms with Crippen molar-refractivity contribution < 1.29 is 9.59 Å². The number of amides is 2. The van der Waals surface area contributed by atoms with Crippen LogP contribution in [-0.4, -0.2) is 52.9 Å². The van der Waals surface area contributed by atoms with Gasteiger partial charge < -0.3 is 20.1 Å². The number of likely N-dealkylation sites (N-methyl/N-ethyl adjacent to an activating group) is 1. The van der Waals surface area contributed by atoms with Gasteiger partial charge in [-0.2, -0.15) is 0 Å². The molecule has 0 spiro atoms. The maximum absolute atomic E-state index is 13.1. The second-order valence-corrected chi connectivity index (χ2v) is 8.67. The second kappa shape index (κ2) is 7.02. The fraction of sp³-hybridized carbons (Fsp3) is 0.737. The van der Waals surface area contributed by atoms with Crippen molar-refractivity contribution in [3.8, 4) is 0 Å². The molecule has 0 saturated heterocycles. The van der Waals surface area contributed by atoms with E-state index in [1.165, 1.54) is 0 Å². The highest BCUT2D eigenvalue weighted by molar-refractivity contribution is 5.97. The summed E-state index contributed by atoms with van der Waals surface area (Å²) in [5.41, 5.74) is 1.08. The van der Waals surface area contributed by atoms with Crippen molar-refractivity contribution >= 4 is 11.8 Å². The maximum Gasteiger partial charge on any atom is 0.272 e. The Morgan fingerprint density at radius 2 is 1.92 bits per heavy atom. The highest BCUT2D eigenvalue weighted by atomic mass is 16.2. The number of aromatic nitrogens is 2. The molecule has 2 N–H and O–H groups in total. The smallest absolute Gasteiger partial charge is 0.272 e. The van der Waals surface area contributed by atoms with Gasteiger partial charge in [0.05, 0.1) is 5.69 Å². The summed E-state index contributed by atoms with van der Waals surface area (Å²) in [5.74, 6) is 1.10. The third-order valence-electron chi connectivity index (χ3n) is 5.25. The predicted molar refractivity (Wildman–Crippen MR) is 99.9 cm³/mol. The van der Waals surface area contributed by atoms with Gasteiger partial charge in [-0.3, -0.25) is 9.59 Å². The van der Waals surface area contributed by atoms with Crippen LogP contribution in [0.2, 0.25) is 0 Å². The lowest BCUT2D eigenvalue weighted by atomic mass is 9.86. The molecule has 1 aliphatic carbocycles. The van der Waals surface area contributed by atoms with Gasteiger partial charge in [0.1, 0.15) is 11.9 Å². The van der Waals surface area contributed by atoms with Crippen molar-refractivity contribution in [3.05, 3.63) is 17.2 Å². The van der Waals surface area contributed by atoms with Gasteiger partial charge in [-0.1, -0.05) is 20.8 Å². The minimum Gasteiger partial charge on any atom is -0.357 e. The van der Waals surface area contributed by atoms with Crippen molar-refractivity contribution in [1.82, 2.24) is 25.1 Å². The summed E-state index contributed by atoms with van der Waals surface area (Å²) in [6.45, 7) is 8.47. The van der Waals surface area contributed by atoms with E-state index < -0.39 is 6.04 Å². The number of carbonyl (C=O) groups excluding carboxylic acids is 2. The number of hydrogen-bond donors (Lipinski definition) is 2. The summed E-state index contributed by atoms with van der Waals surface area (Å²) >= 11 is 0. The SMILES string of the molecule is CNC(=O)[C@@H](NC(=O)c1nc(C2CC2)n2c1CN(C)CCC2)C(C)(C)C. The quantitative estimate of drug-likeness (QED) is 0.852. The number of imidazole rings is 1. The van der Waals surface area contributed by atoms with Crippen molar-refractivity contribution in [3.63, 3.8) is 0 Å². The zero-order valence-corrected chi connectivity index (χ0v) is 16.6. The van der Waals surface area contributed by atoms with Gasteiger partial charge in [-0.05, 0) is 38.3 Å². The molecule has 1 atom stereocenters. The Balaban J connectivity index is 1.92. The normalized spacial score (nSPS) is 19.4. The van der Waals surface area contributed by atoms with Gasteiger partial charge in [0, 0.05) is 26.1 Å². The Morgan fingerprint density at radius 1 is 1.23 bits per heavy atom. The predicted octanol–water partition coefficient (Wildman–Crippen LogP) is 1.49. The Hall–Kier alpha value is -1.89. The van der Waals surface area contributed by atoms with E-state index in [9.17, 15) is 9.59 Å². The molecule has 0 bridgehead atoms. The first-order valence-corrected chi connectivity index (χ1v) is 9.52. The van der Waals surface area contributed by atoms with Crippen molar-refractivity contribution in [2.24, 2.45) is 5.41 Å². The third kappa shape index (κ3) is 3.77. The molecule has 2 aliphatic rings. The largest absolute Gasteiger partial charge is 0.357 e. The second-order valence-electron chi connectivity index (χ2n) is 8.67. The van der Waals surface area contributed by atoms with E-state index in [0.717, 1.165) is 43.9 Å². The molecule has 1 saturated carbocycles. The van der Waals surface area contributed by atoms with Crippen molar-refractivity contribution in [2.45, 2.75) is 65.1 Å². The lowest BCUT2D eigenvalue weighted by molar-refractivity contribution is -0.124. The average molecular weight is 361 g/mol. The maximum atomic E-state index is 13.1. The monoisotopic (exact) mass is 361 g/mol. The third-order valence-corrected chi connectivity index (χ3v) is 5.25. The van der Waals surface area contributed by atoms with Crippen LogP contribution < -0.4 is 10.6 Å². The molecule has 2 heterocycles. The Labute approximate surface area is 155 Å². The average Bonchev–Trinajstić information content (AvgIpc) is 3.37. The molecule has 3 rings (SSSR count). The molecule has 144 valence electrons. The van der Waals surface area contributed by atoms with Crippen molar-refractivity contribution in [1.29, 1.82) is 0 Å². The van der Waals surface area contributed by atoms with E-state index in [4.69, 9.17) is 4.98 Å². The van der Waals surface area contributed by atoms with Crippen LogP contribution in [0.25, 0.3) is 0 Å². The molecule has 2 amide bonds. The van der Waals surface area contributed by atoms with Crippen LogP contribution in [0, 0.1) is 5.41 Å². The van der Waals surface area contributed by atoms with E-state index in [1.807, 2.05) is 20.8 Å². The summed E-state index contributed by atoms with van der Waals surface area (Å²) < 4.78 is 2.25. The van der Waals surface area contributed by atoms with Gasteiger partial charge in [0.2, 0.25) is 5.91 Å². The van der Waals surface area contributed by atoms with E-state index >= 15 is 0 Å². The standard InChI is InChI=1S/C19H31N5O2/c1-19(2,3)15(18(26)20-4)22-17(25)14-13-11-23(5)9-6-10-24(13)16(21-14)12-7-8-12/h12,15H,6-11H2,1-5H3,(H,20,26)(H,22,25)/t15-/m1/s1. The molecule has 1 aromatic rings. The van der Waals surface area contributed by atoms with Gasteiger partial charge in [0.15, 0.2) is 5.69 Å². The minimum absolute atomic E-state index is 0.185. The molecule has 0 unspecified atom stereocenters. The first-order chi connectivity index (χ1) is 12.2. The van der Waals surface area contributed by atoms with Gasteiger partial charge in [0.25, 0.3) is 5.91 Å². The van der Waals surface area contributed by atoms with E-state index in [1.54, 1.807) is 7.05 Å². The number of hydrogen-bond acceptors (Lipinski definition) is 4. The van der Waals surface area contributed by atoms with Crippen LogP contribution in [0.1, 0.15) is 68.0 Å². The highest BCUT2D eigenvalue weighted by Crippen LogP contribution is 2.40. The minimum atomic E-state index is -0.606. The fourth-order valence-electron chi connectivity index (χ4n) is 3.60. The topological polar surface area (TPSA) is 79.3 Å². The number of fused-ring (bicyclic) bond motifs is 1. The number of carbonyl (C=O) groups is 2. The van der Waals surface area contributed by atoms with E-state index in [2.05, 4.69) is 27.1 Å². The van der Waals surface area contributed by atoms with E-state index in [0.29, 0.717) is 18.2 Å². The zero-order chi connectivity index (χ0) is 19.1. The molecular formula is C19H31N5O2. The highest BCUT2D eigenvalue weighted by Gasteiger charge is 2.36. The first kappa shape index (κ1) is 18.9. The van der Waals surface area contributed by atoms with E-state index in [-0.39, 0.29) is 17.2 Å². The molecule has 0 radical (unpaired) electrons. The van der Waals surface area contributed by atoms with Gasteiger partial charge in [-0.15, -0.1) is 0 Å². The number of rotatable bonds is 4. The molecule has 1 fully saturated rings. The van der Waals surface area contributed by atoms with Crippen LogP contribution in [0.5, 0.6) is 0 Å². The van der Waals surface area contributed by atoms with Crippen LogP contribution in [0.3, 0.4) is 0 Å². The van der Waals surface area contributed by atoms with Crippen LogP contribution >= 0.6 is 0 Å². The van der Waals surface area contributed by atoms with Crippen LogP contribution in [0.15, 0.2) is 0 Å². The molecular weight excluding hydrogens is 330 g/mol. The molecule has 7 heteroatoms. The summed E-state index contributed by atoms with van der Waals surface area (Å²) in [6.07, 6.45) is 3.36. The Kier molecular flexibility index (Phi) is 5.10. The lowest BCUT2D eigenvalue weighted by Crippen LogP contribution is -2.53. The zero-order valence-electron chi connectivity index (χ0n) is 16.6. The summed E-state index contributed by atoms with van der Waals surface area (Å²) in [4.78, 5) is 32.3. The molecule has 7 nitrogen and oxygen atoms in total. The summed E-state index contributed by atoms with van der Waals surface area (Å²) in [5, 5.41) is 5.59. The lowest BCUT2D eigenvalue weighted by Gasteiger charge is -2.29. The van der Waals surface area contributed by atoms with Gasteiger partial charge in [-0.25, -0.2) is 4.98 Å². The molecule has 1 aromatic heterocycles. The fourth-order valence-corrected chi connectivity index (χ4v) is 3.60. The molecule has 1 aliphatic heterocycles. The first-order valence-electron chi connectivity index (χ1n) is 9.52. The molecule has 26 heavy (non-hydrogen) atoms. The Bertz CT molecular complexity index is 700. The number of nitrogens with one attached hydrogen (secondary N) is 2. The number of nitrogens with zero attached hydrogens (tertiary/aromatic N) is 3. The summed E-state index contributed by atoms with van der Waals surface area (Å²) in [7, 11) is 3.67. The van der Waals surface area contributed by atoms with Crippen LogP contribution in [0.4, 0.5) is 0 Å². The van der Waals surface area contributed by atoms with Gasteiger partial charge >= 0.3 is 0 Å². The van der Waals surface area contributed by atoms with Crippen molar-refractivity contribution in [2.75, 3.05) is 20.6 Å². The van der Waals surface area contributed by atoms with Crippen LogP contribution in [-0.2, 0) is 17.9 Å². The Morgan fingerprint density at radius 3 is 2.50 bits per heavy atom. The summed E-state index contributed by atoms with van der Waals surface area (Å²) in [6, 6.07) is -0.606.